The third-order valence-electron chi connectivity index (χ3n) is 3.68. The molecule has 2 aliphatic heterocycles. The van der Waals surface area contributed by atoms with Crippen LogP contribution in [-0.2, 0) is 16.0 Å². The maximum Gasteiger partial charge on any atom is 0.345 e. The molecule has 104 valence electrons. The van der Waals surface area contributed by atoms with E-state index in [2.05, 4.69) is 4.90 Å². The summed E-state index contributed by atoms with van der Waals surface area (Å²) >= 11 is 1.35. The molecule has 6 heteroatoms. The van der Waals surface area contributed by atoms with Crippen LogP contribution in [0.3, 0.4) is 0 Å². The molecular formula is C13H17NO4S. The van der Waals surface area contributed by atoms with E-state index in [0.717, 1.165) is 37.4 Å². The van der Waals surface area contributed by atoms with E-state index in [-0.39, 0.29) is 5.79 Å². The number of rotatable bonds is 3. The molecule has 0 atom stereocenters. The van der Waals surface area contributed by atoms with Crippen molar-refractivity contribution in [1.82, 2.24) is 4.90 Å². The second kappa shape index (κ2) is 5.20. The fourth-order valence-corrected chi connectivity index (χ4v) is 3.52. The molecule has 0 saturated carbocycles. The Labute approximate surface area is 115 Å². The number of likely N-dealkylation sites (tertiary alicyclic amines) is 1. The lowest BCUT2D eigenvalue weighted by atomic mass is 10.0. The summed E-state index contributed by atoms with van der Waals surface area (Å²) in [5, 5.41) is 8.91. The first-order valence-electron chi connectivity index (χ1n) is 6.49. The van der Waals surface area contributed by atoms with Crippen LogP contribution in [0.2, 0.25) is 0 Å². The van der Waals surface area contributed by atoms with Crippen LogP contribution in [0, 0.1) is 0 Å². The van der Waals surface area contributed by atoms with Crippen molar-refractivity contribution < 1.29 is 19.4 Å². The topological polar surface area (TPSA) is 59.0 Å². The van der Waals surface area contributed by atoms with Gasteiger partial charge in [-0.2, -0.15) is 0 Å². The van der Waals surface area contributed by atoms with Crippen LogP contribution in [0.25, 0.3) is 0 Å². The van der Waals surface area contributed by atoms with Gasteiger partial charge in [0.25, 0.3) is 0 Å². The molecule has 5 nitrogen and oxygen atoms in total. The minimum Gasteiger partial charge on any atom is -0.477 e. The molecule has 1 aromatic rings. The van der Waals surface area contributed by atoms with Crippen molar-refractivity contribution in [1.29, 1.82) is 0 Å². The van der Waals surface area contributed by atoms with Crippen molar-refractivity contribution in [2.45, 2.75) is 25.2 Å². The molecule has 19 heavy (non-hydrogen) atoms. The molecule has 0 unspecified atom stereocenters. The molecule has 0 bridgehead atoms. The van der Waals surface area contributed by atoms with Gasteiger partial charge >= 0.3 is 5.97 Å². The van der Waals surface area contributed by atoms with Crippen molar-refractivity contribution in [3.8, 4) is 0 Å². The second-order valence-corrected chi connectivity index (χ2v) is 6.12. The van der Waals surface area contributed by atoms with Gasteiger partial charge < -0.3 is 14.6 Å². The van der Waals surface area contributed by atoms with Crippen molar-refractivity contribution in [3.63, 3.8) is 0 Å². The minimum atomic E-state index is -0.846. The number of ether oxygens (including phenoxy) is 2. The molecule has 2 aliphatic rings. The molecule has 0 aliphatic carbocycles. The molecular weight excluding hydrogens is 266 g/mol. The standard InChI is InChI=1S/C13H17NO4S/c15-12(16)11-2-1-10(19-11)9-14-5-3-13(4-6-14)17-7-8-18-13/h1-2H,3-9H2,(H,15,16). The summed E-state index contributed by atoms with van der Waals surface area (Å²) in [4.78, 5) is 14.7. The van der Waals surface area contributed by atoms with Gasteiger partial charge in [0.05, 0.1) is 13.2 Å². The van der Waals surface area contributed by atoms with Gasteiger partial charge in [0.15, 0.2) is 5.79 Å². The number of hydrogen-bond acceptors (Lipinski definition) is 5. The highest BCUT2D eigenvalue weighted by Crippen LogP contribution is 2.32. The van der Waals surface area contributed by atoms with Crippen LogP contribution in [0.5, 0.6) is 0 Å². The maximum atomic E-state index is 10.8. The highest BCUT2D eigenvalue weighted by molar-refractivity contribution is 7.13. The molecule has 1 N–H and O–H groups in total. The van der Waals surface area contributed by atoms with E-state index in [1.54, 1.807) is 6.07 Å². The number of carboxylic acids is 1. The number of piperidine rings is 1. The van der Waals surface area contributed by atoms with Gasteiger partial charge in [-0.15, -0.1) is 11.3 Å². The van der Waals surface area contributed by atoms with E-state index in [1.165, 1.54) is 11.3 Å². The minimum absolute atomic E-state index is 0.335. The van der Waals surface area contributed by atoms with Gasteiger partial charge in [0.1, 0.15) is 4.88 Å². The van der Waals surface area contributed by atoms with Crippen molar-refractivity contribution >= 4 is 17.3 Å². The lowest BCUT2D eigenvalue weighted by Gasteiger charge is -2.37. The fraction of sp³-hybridized carbons (Fsp3) is 0.615. The molecule has 2 saturated heterocycles. The van der Waals surface area contributed by atoms with Crippen LogP contribution in [0.4, 0.5) is 0 Å². The predicted molar refractivity (Wildman–Crippen MR) is 70.4 cm³/mol. The summed E-state index contributed by atoms with van der Waals surface area (Å²) < 4.78 is 11.4. The van der Waals surface area contributed by atoms with Crippen LogP contribution in [0.15, 0.2) is 12.1 Å². The first kappa shape index (κ1) is 13.1. The number of carboxylic acid groups (broad SMARTS) is 1. The lowest BCUT2D eigenvalue weighted by Crippen LogP contribution is -2.44. The summed E-state index contributed by atoms with van der Waals surface area (Å²) in [6.45, 7) is 4.08. The Balaban J connectivity index is 1.55. The van der Waals surface area contributed by atoms with Crippen LogP contribution >= 0.6 is 11.3 Å². The number of carbonyl (C=O) groups is 1. The molecule has 1 aromatic heterocycles. The van der Waals surface area contributed by atoms with E-state index >= 15 is 0 Å². The van der Waals surface area contributed by atoms with Gasteiger partial charge in [-0.05, 0) is 12.1 Å². The summed E-state index contributed by atoms with van der Waals surface area (Å²) in [6, 6.07) is 3.58. The zero-order valence-corrected chi connectivity index (χ0v) is 11.4. The average molecular weight is 283 g/mol. The molecule has 3 rings (SSSR count). The predicted octanol–water partition coefficient (Wildman–Crippen LogP) is 1.79. The van der Waals surface area contributed by atoms with Crippen LogP contribution < -0.4 is 0 Å². The Morgan fingerprint density at radius 1 is 1.32 bits per heavy atom. The largest absolute Gasteiger partial charge is 0.477 e. The molecule has 2 fully saturated rings. The Kier molecular flexibility index (Phi) is 3.58. The Morgan fingerprint density at radius 3 is 2.58 bits per heavy atom. The van der Waals surface area contributed by atoms with E-state index in [9.17, 15) is 4.79 Å². The Morgan fingerprint density at radius 2 is 2.00 bits per heavy atom. The first-order chi connectivity index (χ1) is 9.17. The molecule has 0 aromatic carbocycles. The second-order valence-electron chi connectivity index (χ2n) is 4.95. The van der Waals surface area contributed by atoms with E-state index < -0.39 is 5.97 Å². The van der Waals surface area contributed by atoms with Gasteiger partial charge in [0, 0.05) is 37.4 Å². The molecule has 1 spiro atoms. The highest BCUT2D eigenvalue weighted by Gasteiger charge is 2.39. The lowest BCUT2D eigenvalue weighted by molar-refractivity contribution is -0.185. The Bertz CT molecular complexity index is 457. The summed E-state index contributed by atoms with van der Waals surface area (Å²) in [5.41, 5.74) is 0. The smallest absolute Gasteiger partial charge is 0.345 e. The highest BCUT2D eigenvalue weighted by atomic mass is 32.1. The summed E-state index contributed by atoms with van der Waals surface area (Å²) in [6.07, 6.45) is 1.79. The molecule has 3 heterocycles. The number of nitrogens with zero attached hydrogens (tertiary/aromatic N) is 1. The van der Waals surface area contributed by atoms with Gasteiger partial charge in [-0.3, -0.25) is 4.90 Å². The van der Waals surface area contributed by atoms with Crippen molar-refractivity contribution in [2.24, 2.45) is 0 Å². The van der Waals surface area contributed by atoms with Gasteiger partial charge in [-0.1, -0.05) is 0 Å². The average Bonchev–Trinajstić information content (AvgIpc) is 3.02. The number of hydrogen-bond donors (Lipinski definition) is 1. The fourth-order valence-electron chi connectivity index (χ4n) is 2.64. The maximum absolute atomic E-state index is 10.8. The van der Waals surface area contributed by atoms with Gasteiger partial charge in [0.2, 0.25) is 0 Å². The third-order valence-corrected chi connectivity index (χ3v) is 4.74. The van der Waals surface area contributed by atoms with Crippen LogP contribution in [0.1, 0.15) is 27.4 Å². The Hall–Kier alpha value is -0.950. The summed E-state index contributed by atoms with van der Waals surface area (Å²) in [7, 11) is 0. The monoisotopic (exact) mass is 283 g/mol. The van der Waals surface area contributed by atoms with Crippen molar-refractivity contribution in [2.75, 3.05) is 26.3 Å². The normalized spacial score (nSPS) is 22.9. The SMILES string of the molecule is O=C(O)c1ccc(CN2CCC3(CC2)OCCO3)s1. The zero-order valence-electron chi connectivity index (χ0n) is 10.6. The van der Waals surface area contributed by atoms with Crippen molar-refractivity contribution in [3.05, 3.63) is 21.9 Å². The number of aromatic carboxylic acids is 1. The first-order valence-corrected chi connectivity index (χ1v) is 7.31. The molecule has 0 amide bonds. The van der Waals surface area contributed by atoms with E-state index in [0.29, 0.717) is 18.1 Å². The quantitative estimate of drug-likeness (QED) is 0.916. The van der Waals surface area contributed by atoms with Crippen LogP contribution in [-0.4, -0.2) is 48.1 Å². The third kappa shape index (κ3) is 2.81. The number of thiophene rings is 1. The van der Waals surface area contributed by atoms with E-state index in [1.807, 2.05) is 6.07 Å². The zero-order chi connectivity index (χ0) is 13.3. The van der Waals surface area contributed by atoms with Gasteiger partial charge in [-0.25, -0.2) is 4.79 Å². The molecule has 0 radical (unpaired) electrons. The summed E-state index contributed by atoms with van der Waals surface area (Å²) in [5.74, 6) is -1.18. The van der Waals surface area contributed by atoms with E-state index in [4.69, 9.17) is 14.6 Å².